The van der Waals surface area contributed by atoms with Crippen LogP contribution < -0.4 is 4.90 Å². The summed E-state index contributed by atoms with van der Waals surface area (Å²) in [5, 5.41) is 2.14. The Labute approximate surface area is 194 Å². The minimum absolute atomic E-state index is 0.0670. The van der Waals surface area contributed by atoms with Crippen molar-refractivity contribution in [2.75, 3.05) is 25.1 Å². The van der Waals surface area contributed by atoms with E-state index in [1.165, 1.54) is 11.8 Å². The lowest BCUT2D eigenvalue weighted by atomic mass is 10.2. The monoisotopic (exact) mass is 473 g/mol. The molecule has 2 heterocycles. The van der Waals surface area contributed by atoms with E-state index < -0.39 is 0 Å². The summed E-state index contributed by atoms with van der Waals surface area (Å²) in [6.45, 7) is 4.53. The summed E-state index contributed by atoms with van der Waals surface area (Å²) in [7, 11) is 1.94. The van der Waals surface area contributed by atoms with Crippen LogP contribution in [-0.4, -0.2) is 42.1 Å². The maximum atomic E-state index is 13.1. The largest absolute Gasteiger partial charge is 0.462 e. The van der Waals surface area contributed by atoms with Crippen LogP contribution in [0.4, 0.5) is 11.4 Å². The molecule has 1 fully saturated rings. The van der Waals surface area contributed by atoms with Crippen molar-refractivity contribution in [3.8, 4) is 0 Å². The lowest BCUT2D eigenvalue weighted by Crippen LogP contribution is -2.29. The molecule has 4 rings (SSSR count). The minimum atomic E-state index is -0.365. The van der Waals surface area contributed by atoms with Crippen LogP contribution in [0, 0.1) is 0 Å². The Balaban J connectivity index is 1.63. The van der Waals surface area contributed by atoms with E-state index in [4.69, 9.17) is 16.3 Å². The van der Waals surface area contributed by atoms with E-state index in [2.05, 4.69) is 4.99 Å². The van der Waals surface area contributed by atoms with E-state index in [0.717, 1.165) is 15.6 Å². The number of aliphatic imine (C=N–C) groups is 1. The van der Waals surface area contributed by atoms with Gasteiger partial charge in [-0.1, -0.05) is 23.4 Å². The number of carbonyl (C=O) groups excluding carboxylic acids is 2. The van der Waals surface area contributed by atoms with Gasteiger partial charge < -0.3 is 9.64 Å². The van der Waals surface area contributed by atoms with E-state index in [1.54, 1.807) is 47.9 Å². The molecule has 1 saturated heterocycles. The second-order valence-corrected chi connectivity index (χ2v) is 9.17. The van der Waals surface area contributed by atoms with Gasteiger partial charge in [-0.2, -0.15) is 0 Å². The van der Waals surface area contributed by atoms with Crippen molar-refractivity contribution >= 4 is 63.5 Å². The predicted octanol–water partition coefficient (Wildman–Crippen LogP) is 5.51. The van der Waals surface area contributed by atoms with Crippen LogP contribution in [-0.2, 0) is 9.53 Å². The summed E-state index contributed by atoms with van der Waals surface area (Å²) in [4.78, 5) is 35.0. The lowest BCUT2D eigenvalue weighted by Gasteiger charge is -2.15. The summed E-state index contributed by atoms with van der Waals surface area (Å²) in [6.07, 6.45) is 0. The van der Waals surface area contributed by atoms with Gasteiger partial charge in [-0.25, -0.2) is 9.79 Å². The molecule has 2 aliphatic heterocycles. The van der Waals surface area contributed by atoms with Gasteiger partial charge in [0.25, 0.3) is 5.91 Å². The number of halogens is 1. The van der Waals surface area contributed by atoms with Gasteiger partial charge in [-0.05, 0) is 68.1 Å². The number of ether oxygens (including phenoxy) is 1. The zero-order chi connectivity index (χ0) is 22.1. The topological polar surface area (TPSA) is 62.2 Å². The van der Waals surface area contributed by atoms with E-state index in [9.17, 15) is 9.59 Å². The molecular weight excluding hydrogens is 454 g/mol. The maximum absolute atomic E-state index is 13.1. The van der Waals surface area contributed by atoms with Crippen LogP contribution in [0.3, 0.4) is 0 Å². The van der Waals surface area contributed by atoms with Crippen molar-refractivity contribution < 1.29 is 14.3 Å². The van der Waals surface area contributed by atoms with Crippen LogP contribution in [0.1, 0.15) is 24.2 Å². The highest BCUT2D eigenvalue weighted by Crippen LogP contribution is 2.50. The lowest BCUT2D eigenvalue weighted by molar-refractivity contribution is -0.122. The van der Waals surface area contributed by atoms with E-state index in [-0.39, 0.29) is 11.9 Å². The number of hydrogen-bond donors (Lipinski definition) is 0. The van der Waals surface area contributed by atoms with Crippen molar-refractivity contribution in [3.05, 3.63) is 63.0 Å². The zero-order valence-electron chi connectivity index (χ0n) is 17.2. The molecule has 6 nitrogen and oxygen atoms in total. The number of esters is 1. The second-order valence-electron chi connectivity index (χ2n) is 6.72. The van der Waals surface area contributed by atoms with Crippen LogP contribution in [0.25, 0.3) is 0 Å². The first-order chi connectivity index (χ1) is 14.9. The SMILES string of the molecule is CCOC(=O)c1ccc(N=C2SC(=C3Sc4ccc(Cl)cc4N3C)C(=O)N2CC)cc1. The molecule has 0 bridgehead atoms. The van der Waals surface area contributed by atoms with Gasteiger partial charge in [-0.3, -0.25) is 9.69 Å². The Morgan fingerprint density at radius 3 is 2.55 bits per heavy atom. The number of nitrogens with zero attached hydrogens (tertiary/aromatic N) is 3. The van der Waals surface area contributed by atoms with E-state index in [0.29, 0.717) is 39.5 Å². The molecule has 2 aromatic carbocycles. The Hall–Kier alpha value is -2.42. The molecule has 0 unspecified atom stereocenters. The third-order valence-corrected chi connectivity index (χ3v) is 7.44. The highest BCUT2D eigenvalue weighted by Gasteiger charge is 2.38. The van der Waals surface area contributed by atoms with Crippen molar-refractivity contribution in [2.24, 2.45) is 4.99 Å². The minimum Gasteiger partial charge on any atom is -0.462 e. The predicted molar refractivity (Wildman–Crippen MR) is 127 cm³/mol. The highest BCUT2D eigenvalue weighted by atomic mass is 35.5. The average Bonchev–Trinajstić information content (AvgIpc) is 3.24. The molecule has 1 amide bonds. The quantitative estimate of drug-likeness (QED) is 0.431. The Kier molecular flexibility index (Phi) is 6.31. The van der Waals surface area contributed by atoms with Gasteiger partial charge in [0.15, 0.2) is 5.17 Å². The molecular formula is C22H20ClN3O3S2. The van der Waals surface area contributed by atoms with Crippen LogP contribution >= 0.6 is 35.1 Å². The number of fused-ring (bicyclic) bond motifs is 1. The summed E-state index contributed by atoms with van der Waals surface area (Å²) in [5.41, 5.74) is 2.11. The molecule has 0 N–H and O–H groups in total. The summed E-state index contributed by atoms with van der Waals surface area (Å²) in [6, 6.07) is 12.6. The fourth-order valence-corrected chi connectivity index (χ4v) is 5.77. The molecule has 160 valence electrons. The van der Waals surface area contributed by atoms with Gasteiger partial charge in [0.1, 0.15) is 4.91 Å². The fraction of sp³-hybridized carbons (Fsp3) is 0.227. The molecule has 2 aromatic rings. The van der Waals surface area contributed by atoms with Crippen molar-refractivity contribution in [1.29, 1.82) is 0 Å². The normalized spacial score (nSPS) is 19.4. The molecule has 0 atom stereocenters. The van der Waals surface area contributed by atoms with Crippen molar-refractivity contribution in [1.82, 2.24) is 4.90 Å². The molecule has 0 saturated carbocycles. The molecule has 2 aliphatic rings. The molecule has 0 aromatic heterocycles. The molecule has 9 heteroatoms. The van der Waals surface area contributed by atoms with Crippen LogP contribution in [0.15, 0.2) is 62.3 Å². The summed E-state index contributed by atoms with van der Waals surface area (Å²) >= 11 is 9.07. The Bertz CT molecular complexity index is 1120. The van der Waals surface area contributed by atoms with Gasteiger partial charge >= 0.3 is 5.97 Å². The standard InChI is InChI=1S/C22H20ClN3O3S2/c1-4-26-19(27)18(20-25(3)16-12-14(23)8-11-17(16)30-20)31-22(26)24-15-9-6-13(7-10-15)21(28)29-5-2/h6-12H,4-5H2,1-3H3. The Morgan fingerprint density at radius 1 is 1.13 bits per heavy atom. The summed E-state index contributed by atoms with van der Waals surface area (Å²) in [5.74, 6) is -0.432. The number of carbonyl (C=O) groups is 2. The first-order valence-corrected chi connectivity index (χ1v) is 11.7. The highest BCUT2D eigenvalue weighted by molar-refractivity contribution is 8.19. The van der Waals surface area contributed by atoms with Crippen LogP contribution in [0.5, 0.6) is 0 Å². The van der Waals surface area contributed by atoms with Gasteiger partial charge in [0.05, 0.1) is 28.6 Å². The van der Waals surface area contributed by atoms with E-state index in [1.807, 2.05) is 37.1 Å². The number of thioether (sulfide) groups is 2. The van der Waals surface area contributed by atoms with Gasteiger partial charge in [0.2, 0.25) is 0 Å². The third kappa shape index (κ3) is 4.20. The molecule has 31 heavy (non-hydrogen) atoms. The summed E-state index contributed by atoms with van der Waals surface area (Å²) < 4.78 is 5.01. The fourth-order valence-electron chi connectivity index (χ4n) is 3.21. The number of benzene rings is 2. The third-order valence-electron chi connectivity index (χ3n) is 4.77. The van der Waals surface area contributed by atoms with Gasteiger partial charge in [0, 0.05) is 23.5 Å². The van der Waals surface area contributed by atoms with Crippen LogP contribution in [0.2, 0.25) is 5.02 Å². The molecule has 0 radical (unpaired) electrons. The second kappa shape index (κ2) is 8.98. The average molecular weight is 474 g/mol. The van der Waals surface area contributed by atoms with Crippen molar-refractivity contribution in [2.45, 2.75) is 18.7 Å². The van der Waals surface area contributed by atoms with Gasteiger partial charge in [-0.15, -0.1) is 0 Å². The first kappa shape index (κ1) is 21.8. The number of anilines is 1. The maximum Gasteiger partial charge on any atom is 0.338 e. The first-order valence-electron chi connectivity index (χ1n) is 9.74. The molecule has 0 aliphatic carbocycles. The smallest absolute Gasteiger partial charge is 0.338 e. The number of rotatable bonds is 4. The van der Waals surface area contributed by atoms with Crippen molar-refractivity contribution in [3.63, 3.8) is 0 Å². The zero-order valence-corrected chi connectivity index (χ0v) is 19.6. The molecule has 0 spiro atoms. The number of hydrogen-bond acceptors (Lipinski definition) is 7. The number of amidine groups is 1. The van der Waals surface area contributed by atoms with E-state index >= 15 is 0 Å². The number of likely N-dealkylation sites (N-methyl/N-ethyl adjacent to an activating group) is 1. The Morgan fingerprint density at radius 2 is 1.87 bits per heavy atom. The number of amides is 1.